The summed E-state index contributed by atoms with van der Waals surface area (Å²) in [7, 11) is 1.58. The van der Waals surface area contributed by atoms with E-state index in [9.17, 15) is 4.79 Å². The number of carbonyl (C=O) groups excluding carboxylic acids is 1. The standard InChI is InChI=1S/C24H21N3O2S/c1-16-8-9-20(26-24(28)17-5-3-7-21(12-17)29-2)11-19(16)13-23-27-22(15-30-23)18-6-4-10-25-14-18/h3-12,14-15H,13H2,1-2H3,(H,26,28). The molecule has 0 aliphatic carbocycles. The number of aryl methyl sites for hydroxylation is 1. The Morgan fingerprint density at radius 2 is 2.03 bits per heavy atom. The van der Waals surface area contributed by atoms with Crippen molar-refractivity contribution in [1.82, 2.24) is 9.97 Å². The van der Waals surface area contributed by atoms with Gasteiger partial charge in [-0.3, -0.25) is 9.78 Å². The largest absolute Gasteiger partial charge is 0.497 e. The maximum absolute atomic E-state index is 12.6. The fourth-order valence-corrected chi connectivity index (χ4v) is 3.94. The minimum atomic E-state index is -0.170. The summed E-state index contributed by atoms with van der Waals surface area (Å²) in [4.78, 5) is 21.5. The molecule has 1 amide bonds. The molecule has 30 heavy (non-hydrogen) atoms. The molecule has 0 fully saturated rings. The van der Waals surface area contributed by atoms with Crippen LogP contribution in [0.15, 0.2) is 72.4 Å². The number of anilines is 1. The van der Waals surface area contributed by atoms with E-state index in [0.717, 1.165) is 33.1 Å². The number of benzene rings is 2. The smallest absolute Gasteiger partial charge is 0.255 e. The van der Waals surface area contributed by atoms with Crippen molar-refractivity contribution in [3.05, 3.63) is 94.1 Å². The third kappa shape index (κ3) is 4.55. The van der Waals surface area contributed by atoms with Crippen molar-refractivity contribution < 1.29 is 9.53 Å². The van der Waals surface area contributed by atoms with Gasteiger partial charge in [-0.15, -0.1) is 11.3 Å². The monoisotopic (exact) mass is 415 g/mol. The molecule has 1 N–H and O–H groups in total. The van der Waals surface area contributed by atoms with E-state index in [-0.39, 0.29) is 5.91 Å². The zero-order valence-corrected chi connectivity index (χ0v) is 17.6. The predicted molar refractivity (Wildman–Crippen MR) is 120 cm³/mol. The number of nitrogens with one attached hydrogen (secondary N) is 1. The van der Waals surface area contributed by atoms with E-state index in [1.54, 1.807) is 42.8 Å². The summed E-state index contributed by atoms with van der Waals surface area (Å²) < 4.78 is 5.20. The highest BCUT2D eigenvalue weighted by Crippen LogP contribution is 2.25. The normalized spacial score (nSPS) is 10.6. The van der Waals surface area contributed by atoms with Gasteiger partial charge in [0.1, 0.15) is 5.75 Å². The summed E-state index contributed by atoms with van der Waals surface area (Å²) in [5.41, 5.74) is 5.54. The van der Waals surface area contributed by atoms with E-state index in [0.29, 0.717) is 17.7 Å². The van der Waals surface area contributed by atoms with Gasteiger partial charge in [0, 0.05) is 41.0 Å². The molecule has 0 atom stereocenters. The third-order valence-corrected chi connectivity index (χ3v) is 5.64. The number of thiazole rings is 1. The van der Waals surface area contributed by atoms with Crippen LogP contribution in [0, 0.1) is 6.92 Å². The van der Waals surface area contributed by atoms with Gasteiger partial charge in [-0.05, 0) is 60.5 Å². The molecule has 0 aliphatic rings. The topological polar surface area (TPSA) is 64.1 Å². The summed E-state index contributed by atoms with van der Waals surface area (Å²) in [6.45, 7) is 2.07. The number of hydrogen-bond acceptors (Lipinski definition) is 5. The molecule has 0 saturated heterocycles. The van der Waals surface area contributed by atoms with Gasteiger partial charge in [0.2, 0.25) is 0 Å². The number of carbonyl (C=O) groups is 1. The molecule has 4 aromatic rings. The summed E-state index contributed by atoms with van der Waals surface area (Å²) in [5.74, 6) is 0.484. The van der Waals surface area contributed by atoms with E-state index >= 15 is 0 Å². The second kappa shape index (κ2) is 8.88. The summed E-state index contributed by atoms with van der Waals surface area (Å²) >= 11 is 1.63. The number of aromatic nitrogens is 2. The van der Waals surface area contributed by atoms with Crippen molar-refractivity contribution in [1.29, 1.82) is 0 Å². The minimum Gasteiger partial charge on any atom is -0.497 e. The van der Waals surface area contributed by atoms with Crippen molar-refractivity contribution in [2.75, 3.05) is 12.4 Å². The van der Waals surface area contributed by atoms with Crippen molar-refractivity contribution in [3.8, 4) is 17.0 Å². The Morgan fingerprint density at radius 3 is 2.83 bits per heavy atom. The lowest BCUT2D eigenvalue weighted by atomic mass is 10.0. The van der Waals surface area contributed by atoms with Crippen LogP contribution in [0.3, 0.4) is 0 Å². The maximum atomic E-state index is 12.6. The molecule has 6 heteroatoms. The van der Waals surface area contributed by atoms with E-state index in [4.69, 9.17) is 9.72 Å². The van der Waals surface area contributed by atoms with Crippen molar-refractivity contribution in [2.24, 2.45) is 0 Å². The first-order valence-corrected chi connectivity index (χ1v) is 10.4. The Balaban J connectivity index is 1.51. The third-order valence-electron chi connectivity index (χ3n) is 4.79. The second-order valence-electron chi connectivity index (χ2n) is 6.87. The predicted octanol–water partition coefficient (Wildman–Crippen LogP) is 5.37. The fourth-order valence-electron chi connectivity index (χ4n) is 3.11. The number of methoxy groups -OCH3 is 1. The van der Waals surface area contributed by atoms with Gasteiger partial charge >= 0.3 is 0 Å². The van der Waals surface area contributed by atoms with Gasteiger partial charge in [-0.2, -0.15) is 0 Å². The number of pyridine rings is 1. The van der Waals surface area contributed by atoms with E-state index in [2.05, 4.69) is 22.6 Å². The molecule has 2 aromatic heterocycles. The van der Waals surface area contributed by atoms with Gasteiger partial charge in [-0.1, -0.05) is 12.1 Å². The molecule has 0 aliphatic heterocycles. The summed E-state index contributed by atoms with van der Waals surface area (Å²) in [5, 5.41) is 6.05. The molecule has 0 saturated carbocycles. The Labute approximate surface area is 179 Å². The van der Waals surface area contributed by atoms with Crippen LogP contribution in [0.1, 0.15) is 26.5 Å². The van der Waals surface area contributed by atoms with Crippen LogP contribution in [0.2, 0.25) is 0 Å². The van der Waals surface area contributed by atoms with Crippen molar-refractivity contribution in [2.45, 2.75) is 13.3 Å². The van der Waals surface area contributed by atoms with Gasteiger partial charge in [-0.25, -0.2) is 4.98 Å². The number of rotatable bonds is 6. The molecule has 4 rings (SSSR count). The minimum absolute atomic E-state index is 0.170. The quantitative estimate of drug-likeness (QED) is 0.460. The highest BCUT2D eigenvalue weighted by atomic mass is 32.1. The van der Waals surface area contributed by atoms with Crippen LogP contribution in [-0.4, -0.2) is 23.0 Å². The molecular formula is C24H21N3O2S. The zero-order chi connectivity index (χ0) is 20.9. The molecule has 0 unspecified atom stereocenters. The molecule has 0 bridgehead atoms. The van der Waals surface area contributed by atoms with Gasteiger partial charge in [0.15, 0.2) is 0 Å². The second-order valence-corrected chi connectivity index (χ2v) is 7.81. The number of ether oxygens (including phenoxy) is 1. The van der Waals surface area contributed by atoms with Crippen molar-refractivity contribution >= 4 is 22.9 Å². The Bertz CT molecular complexity index is 1170. The zero-order valence-electron chi connectivity index (χ0n) is 16.8. The molecule has 0 spiro atoms. The van der Waals surface area contributed by atoms with Gasteiger partial charge in [0.25, 0.3) is 5.91 Å². The lowest BCUT2D eigenvalue weighted by molar-refractivity contribution is 0.102. The van der Waals surface area contributed by atoms with Crippen LogP contribution < -0.4 is 10.1 Å². The molecule has 5 nitrogen and oxygen atoms in total. The molecular weight excluding hydrogens is 394 g/mol. The van der Waals surface area contributed by atoms with E-state index in [1.165, 1.54) is 0 Å². The first-order chi connectivity index (χ1) is 14.6. The SMILES string of the molecule is COc1cccc(C(=O)Nc2ccc(C)c(Cc3nc(-c4cccnc4)cs3)c2)c1. The maximum Gasteiger partial charge on any atom is 0.255 e. The molecule has 2 heterocycles. The number of amides is 1. The molecule has 2 aromatic carbocycles. The van der Waals surface area contributed by atoms with Gasteiger partial charge in [0.05, 0.1) is 17.8 Å². The Morgan fingerprint density at radius 1 is 1.13 bits per heavy atom. The lowest BCUT2D eigenvalue weighted by Crippen LogP contribution is -2.12. The van der Waals surface area contributed by atoms with E-state index < -0.39 is 0 Å². The lowest BCUT2D eigenvalue weighted by Gasteiger charge is -2.10. The van der Waals surface area contributed by atoms with E-state index in [1.807, 2.05) is 42.6 Å². The highest BCUT2D eigenvalue weighted by molar-refractivity contribution is 7.10. The Kier molecular flexibility index (Phi) is 5.86. The molecule has 150 valence electrons. The average molecular weight is 416 g/mol. The van der Waals surface area contributed by atoms with Crippen LogP contribution in [0.5, 0.6) is 5.75 Å². The van der Waals surface area contributed by atoms with Crippen LogP contribution >= 0.6 is 11.3 Å². The summed E-state index contributed by atoms with van der Waals surface area (Å²) in [6.07, 6.45) is 4.28. The van der Waals surface area contributed by atoms with Crippen molar-refractivity contribution in [3.63, 3.8) is 0 Å². The highest BCUT2D eigenvalue weighted by Gasteiger charge is 2.11. The van der Waals surface area contributed by atoms with Crippen LogP contribution in [0.4, 0.5) is 5.69 Å². The first-order valence-electron chi connectivity index (χ1n) is 9.52. The van der Waals surface area contributed by atoms with Crippen LogP contribution in [0.25, 0.3) is 11.3 Å². The average Bonchev–Trinajstić information content (AvgIpc) is 3.25. The van der Waals surface area contributed by atoms with Gasteiger partial charge < -0.3 is 10.1 Å². The molecule has 0 radical (unpaired) electrons. The number of nitrogens with zero attached hydrogens (tertiary/aromatic N) is 2. The number of hydrogen-bond donors (Lipinski definition) is 1. The first kappa shape index (κ1) is 19.8. The van der Waals surface area contributed by atoms with Crippen LogP contribution in [-0.2, 0) is 6.42 Å². The fraction of sp³-hybridized carbons (Fsp3) is 0.125. The Hall–Kier alpha value is -3.51. The summed E-state index contributed by atoms with van der Waals surface area (Å²) in [6, 6.07) is 17.0.